The molecule has 1 N–H and O–H groups in total. The molecule has 0 saturated heterocycles. The highest BCUT2D eigenvalue weighted by molar-refractivity contribution is 7.92. The minimum atomic E-state index is -3.99. The molecule has 3 aromatic carbocycles. The molecule has 0 aliphatic rings. The number of sulfonamides is 1. The van der Waals surface area contributed by atoms with Crippen LogP contribution in [0.5, 0.6) is 5.75 Å². The molecule has 1 amide bonds. The van der Waals surface area contributed by atoms with Gasteiger partial charge in [-0.05, 0) is 73.5 Å². The summed E-state index contributed by atoms with van der Waals surface area (Å²) in [5.41, 5.74) is 3.02. The Morgan fingerprint density at radius 3 is 2.26 bits per heavy atom. The van der Waals surface area contributed by atoms with Gasteiger partial charge in [-0.3, -0.25) is 14.4 Å². The van der Waals surface area contributed by atoms with Crippen LogP contribution in [-0.2, 0) is 14.8 Å². The SMILES string of the molecule is COc1ccc(-c2nnc(NC(=O)CN(c3cc(C)cc(C)c3)S(=O)(=O)c3ccccc3)s2)cc1. The van der Waals surface area contributed by atoms with E-state index in [0.29, 0.717) is 10.7 Å². The number of nitrogens with one attached hydrogen (secondary N) is 1. The topological polar surface area (TPSA) is 101 Å². The van der Waals surface area contributed by atoms with E-state index in [-0.39, 0.29) is 10.0 Å². The quantitative estimate of drug-likeness (QED) is 0.371. The van der Waals surface area contributed by atoms with Crippen molar-refractivity contribution in [2.24, 2.45) is 0 Å². The highest BCUT2D eigenvalue weighted by Crippen LogP contribution is 2.29. The van der Waals surface area contributed by atoms with E-state index >= 15 is 0 Å². The van der Waals surface area contributed by atoms with Crippen LogP contribution < -0.4 is 14.4 Å². The van der Waals surface area contributed by atoms with Crippen LogP contribution in [0, 0.1) is 13.8 Å². The molecule has 0 atom stereocenters. The smallest absolute Gasteiger partial charge is 0.264 e. The Balaban J connectivity index is 1.59. The molecule has 0 aliphatic heterocycles. The predicted molar refractivity (Wildman–Crippen MR) is 137 cm³/mol. The van der Waals surface area contributed by atoms with Crippen molar-refractivity contribution in [1.82, 2.24) is 10.2 Å². The lowest BCUT2D eigenvalue weighted by molar-refractivity contribution is -0.114. The molecule has 35 heavy (non-hydrogen) atoms. The fourth-order valence-corrected chi connectivity index (χ4v) is 5.73. The Morgan fingerprint density at radius 2 is 1.63 bits per heavy atom. The van der Waals surface area contributed by atoms with Gasteiger partial charge in [0.2, 0.25) is 11.0 Å². The molecule has 180 valence electrons. The Morgan fingerprint density at radius 1 is 0.971 bits per heavy atom. The minimum absolute atomic E-state index is 0.102. The number of hydrogen-bond acceptors (Lipinski definition) is 7. The van der Waals surface area contributed by atoms with E-state index in [1.165, 1.54) is 23.5 Å². The zero-order valence-electron chi connectivity index (χ0n) is 19.4. The summed E-state index contributed by atoms with van der Waals surface area (Å²) in [6, 6.07) is 20.8. The van der Waals surface area contributed by atoms with Gasteiger partial charge in [0, 0.05) is 5.56 Å². The summed E-state index contributed by atoms with van der Waals surface area (Å²) in [6.45, 7) is 3.34. The normalized spacial score (nSPS) is 11.2. The number of benzene rings is 3. The maximum atomic E-state index is 13.5. The summed E-state index contributed by atoms with van der Waals surface area (Å²) in [7, 11) is -2.40. The first-order chi connectivity index (χ1) is 16.8. The van der Waals surface area contributed by atoms with Gasteiger partial charge in [-0.1, -0.05) is 35.6 Å². The summed E-state index contributed by atoms with van der Waals surface area (Å²) < 4.78 is 33.3. The number of carbonyl (C=O) groups excluding carboxylic acids is 1. The molecule has 1 aromatic heterocycles. The average molecular weight is 509 g/mol. The van der Waals surface area contributed by atoms with Gasteiger partial charge in [-0.25, -0.2) is 8.42 Å². The number of aryl methyl sites for hydroxylation is 2. The van der Waals surface area contributed by atoms with Crippen molar-refractivity contribution in [2.75, 3.05) is 23.3 Å². The van der Waals surface area contributed by atoms with Crippen molar-refractivity contribution >= 4 is 38.1 Å². The highest BCUT2D eigenvalue weighted by atomic mass is 32.2. The first-order valence-electron chi connectivity index (χ1n) is 10.7. The number of nitrogens with zero attached hydrogens (tertiary/aromatic N) is 3. The minimum Gasteiger partial charge on any atom is -0.497 e. The van der Waals surface area contributed by atoms with Crippen LogP contribution in [0.3, 0.4) is 0 Å². The van der Waals surface area contributed by atoms with Gasteiger partial charge in [-0.2, -0.15) is 0 Å². The van der Waals surface area contributed by atoms with Crippen LogP contribution >= 0.6 is 11.3 Å². The zero-order valence-corrected chi connectivity index (χ0v) is 21.1. The van der Waals surface area contributed by atoms with Crippen molar-refractivity contribution in [2.45, 2.75) is 18.7 Å². The number of hydrogen-bond donors (Lipinski definition) is 1. The van der Waals surface area contributed by atoms with Crippen molar-refractivity contribution in [3.63, 3.8) is 0 Å². The second-order valence-electron chi connectivity index (χ2n) is 7.86. The van der Waals surface area contributed by atoms with E-state index in [9.17, 15) is 13.2 Å². The maximum Gasteiger partial charge on any atom is 0.264 e. The molecule has 1 heterocycles. The van der Waals surface area contributed by atoms with Gasteiger partial charge >= 0.3 is 0 Å². The van der Waals surface area contributed by atoms with Gasteiger partial charge in [0.05, 0.1) is 17.7 Å². The maximum absolute atomic E-state index is 13.5. The van der Waals surface area contributed by atoms with Gasteiger partial charge in [0.1, 0.15) is 17.3 Å². The fraction of sp³-hybridized carbons (Fsp3) is 0.160. The zero-order chi connectivity index (χ0) is 25.0. The number of ether oxygens (including phenoxy) is 1. The van der Waals surface area contributed by atoms with Crippen molar-refractivity contribution < 1.29 is 17.9 Å². The average Bonchev–Trinajstić information content (AvgIpc) is 3.30. The molecule has 0 fully saturated rings. The molecule has 0 unspecified atom stereocenters. The number of anilines is 2. The molecular formula is C25H24N4O4S2. The highest BCUT2D eigenvalue weighted by Gasteiger charge is 2.28. The second kappa shape index (κ2) is 10.2. The number of rotatable bonds is 8. The summed E-state index contributed by atoms with van der Waals surface area (Å²) in [5.74, 6) is 0.194. The lowest BCUT2D eigenvalue weighted by Gasteiger charge is -2.24. The van der Waals surface area contributed by atoms with Crippen LogP contribution in [0.2, 0.25) is 0 Å². The third kappa shape index (κ3) is 5.67. The van der Waals surface area contributed by atoms with Gasteiger partial charge in [0.15, 0.2) is 0 Å². The van der Waals surface area contributed by atoms with Crippen LogP contribution in [0.15, 0.2) is 77.7 Å². The van der Waals surface area contributed by atoms with E-state index in [0.717, 1.165) is 26.7 Å². The number of aromatic nitrogens is 2. The molecule has 8 nitrogen and oxygen atoms in total. The Labute approximate surface area is 208 Å². The molecule has 4 aromatic rings. The fourth-order valence-electron chi connectivity index (χ4n) is 3.54. The second-order valence-corrected chi connectivity index (χ2v) is 10.7. The first-order valence-corrected chi connectivity index (χ1v) is 13.0. The molecule has 0 bridgehead atoms. The molecule has 4 rings (SSSR count). The predicted octanol–water partition coefficient (Wildman–Crippen LogP) is 4.66. The van der Waals surface area contributed by atoms with E-state index < -0.39 is 22.5 Å². The lowest BCUT2D eigenvalue weighted by Crippen LogP contribution is -2.38. The van der Waals surface area contributed by atoms with Crippen molar-refractivity contribution in [3.05, 3.63) is 83.9 Å². The summed E-state index contributed by atoms with van der Waals surface area (Å²) in [4.78, 5) is 13.1. The van der Waals surface area contributed by atoms with Crippen molar-refractivity contribution in [1.29, 1.82) is 0 Å². The standard InChI is InChI=1S/C25H24N4O4S2/c1-17-13-18(2)15-20(14-17)29(35(31,32)22-7-5-4-6-8-22)16-23(30)26-25-28-27-24(34-25)19-9-11-21(33-3)12-10-19/h4-15H,16H2,1-3H3,(H,26,28,30). The molecule has 10 heteroatoms. The summed E-state index contributed by atoms with van der Waals surface area (Å²) in [6.07, 6.45) is 0. The molecule has 0 spiro atoms. The summed E-state index contributed by atoms with van der Waals surface area (Å²) in [5, 5.41) is 11.7. The van der Waals surface area contributed by atoms with E-state index in [1.54, 1.807) is 37.4 Å². The van der Waals surface area contributed by atoms with Crippen molar-refractivity contribution in [3.8, 4) is 16.3 Å². The molecule has 0 radical (unpaired) electrons. The van der Waals surface area contributed by atoms with E-state index in [4.69, 9.17) is 4.74 Å². The third-order valence-electron chi connectivity index (χ3n) is 5.12. The lowest BCUT2D eigenvalue weighted by atomic mass is 10.1. The first kappa shape index (κ1) is 24.4. The van der Waals surface area contributed by atoms with Crippen LogP contribution in [0.1, 0.15) is 11.1 Å². The van der Waals surface area contributed by atoms with Crippen LogP contribution in [0.25, 0.3) is 10.6 Å². The largest absolute Gasteiger partial charge is 0.497 e. The van der Waals surface area contributed by atoms with Gasteiger partial charge < -0.3 is 4.74 Å². The number of carbonyl (C=O) groups is 1. The number of amides is 1. The van der Waals surface area contributed by atoms with Crippen LogP contribution in [-0.4, -0.2) is 38.2 Å². The Bertz CT molecular complexity index is 1420. The molecule has 0 saturated carbocycles. The molecule has 0 aliphatic carbocycles. The van der Waals surface area contributed by atoms with Crippen LogP contribution in [0.4, 0.5) is 10.8 Å². The van der Waals surface area contributed by atoms with Gasteiger partial charge in [0.25, 0.3) is 10.0 Å². The number of methoxy groups -OCH3 is 1. The monoisotopic (exact) mass is 508 g/mol. The molecular weight excluding hydrogens is 484 g/mol. The van der Waals surface area contributed by atoms with Gasteiger partial charge in [-0.15, -0.1) is 10.2 Å². The van der Waals surface area contributed by atoms with E-state index in [2.05, 4.69) is 15.5 Å². The Kier molecular flexibility index (Phi) is 7.13. The Hall–Kier alpha value is -3.76. The third-order valence-corrected chi connectivity index (χ3v) is 7.80. The summed E-state index contributed by atoms with van der Waals surface area (Å²) >= 11 is 1.20. The van der Waals surface area contributed by atoms with E-state index in [1.807, 2.05) is 44.2 Å².